The van der Waals surface area contributed by atoms with Crippen LogP contribution in [0.3, 0.4) is 0 Å². The van der Waals surface area contributed by atoms with E-state index in [1.54, 1.807) is 0 Å². The summed E-state index contributed by atoms with van der Waals surface area (Å²) >= 11 is 0. The Morgan fingerprint density at radius 1 is 1.20 bits per heavy atom. The maximum atomic E-state index is 6.62. The molecule has 0 saturated carbocycles. The number of rotatable bonds is 0. The predicted octanol–water partition coefficient (Wildman–Crippen LogP) is -0.0535. The molecule has 0 aliphatic carbocycles. The van der Waals surface area contributed by atoms with E-state index in [-0.39, 0.29) is 59.0 Å². The molecule has 0 aromatic rings. The maximum absolute atomic E-state index is 6.62. The summed E-state index contributed by atoms with van der Waals surface area (Å²) in [4.78, 5) is 0. The Bertz CT molecular complexity index is 6.85. The molecule has 36 valence electrons. The summed E-state index contributed by atoms with van der Waals surface area (Å²) in [6, 6.07) is 0. The van der Waals surface area contributed by atoms with E-state index in [9.17, 15) is 0 Å². The van der Waals surface area contributed by atoms with Gasteiger partial charge in [0.1, 0.15) is 0 Å². The Kier molecular flexibility index (Phi) is 53.7. The van der Waals surface area contributed by atoms with E-state index >= 15 is 0 Å². The van der Waals surface area contributed by atoms with Crippen molar-refractivity contribution >= 4 is 0 Å². The first kappa shape index (κ1) is 15.8. The van der Waals surface area contributed by atoms with Crippen molar-refractivity contribution in [2.24, 2.45) is 0 Å². The minimum absolute atomic E-state index is 0. The van der Waals surface area contributed by atoms with Crippen LogP contribution in [-0.2, 0) is 26.8 Å². The first-order chi connectivity index (χ1) is 1.41. The van der Waals surface area contributed by atoms with Gasteiger partial charge in [0.15, 0.2) is 0 Å². The fourth-order valence-corrected chi connectivity index (χ4v) is 0. The van der Waals surface area contributed by atoms with Crippen LogP contribution in [0.5, 0.6) is 0 Å². The fourth-order valence-electron chi connectivity index (χ4n) is 0. The van der Waals surface area contributed by atoms with Crippen molar-refractivity contribution < 1.29 is 74.6 Å². The zero-order valence-corrected chi connectivity index (χ0v) is 5.51. The van der Waals surface area contributed by atoms with Gasteiger partial charge in [0.2, 0.25) is 0 Å². The van der Waals surface area contributed by atoms with E-state index < -0.39 is 0 Å². The molecule has 3 nitrogen and oxygen atoms in total. The molecular weight excluding hydrogens is 263 g/mol. The third kappa shape index (κ3) is 25.4. The second kappa shape index (κ2) is 17.0. The van der Waals surface area contributed by atoms with Crippen molar-refractivity contribution in [3.8, 4) is 0 Å². The Morgan fingerprint density at radius 3 is 1.20 bits per heavy atom. The van der Waals surface area contributed by atoms with Gasteiger partial charge in [-0.2, -0.15) is 0 Å². The quantitative estimate of drug-likeness (QED) is 0.367. The van der Waals surface area contributed by atoms with Crippen LogP contribution in [0.15, 0.2) is 0 Å². The standard InChI is InChI=1S/Er.H2O3.Ti/c;1-3-2;/h;1-2H;. The molecule has 0 unspecified atom stereocenters. The molecule has 0 rings (SSSR count). The van der Waals surface area contributed by atoms with E-state index in [0.29, 0.717) is 0 Å². The molecule has 0 amide bonds. The van der Waals surface area contributed by atoms with Gasteiger partial charge >= 0.3 is 0 Å². The Balaban J connectivity index is -0.0000000200. The molecule has 5 heavy (non-hydrogen) atoms. The predicted molar refractivity (Wildman–Crippen MR) is 6.34 cm³/mol. The van der Waals surface area contributed by atoms with E-state index in [0.717, 1.165) is 0 Å². The maximum Gasteiger partial charge on any atom is 0 e. The molecule has 2 N–H and O–H groups in total. The van der Waals surface area contributed by atoms with Crippen LogP contribution in [-0.4, -0.2) is 10.5 Å². The zero-order chi connectivity index (χ0) is 2.71. The van der Waals surface area contributed by atoms with Crippen LogP contribution < -0.4 is 0 Å². The number of hydrogen-bond donors (Lipinski definition) is 2. The summed E-state index contributed by atoms with van der Waals surface area (Å²) < 4.78 is 0. The van der Waals surface area contributed by atoms with Gasteiger partial charge in [-0.05, 0) is 0 Å². The van der Waals surface area contributed by atoms with Crippen molar-refractivity contribution in [2.75, 3.05) is 0 Å². The molecule has 0 aliphatic rings. The molecule has 0 aromatic heterocycles. The number of hydrogen-bond acceptors (Lipinski definition) is 3. The minimum Gasteiger partial charge on any atom is -0.221 e. The summed E-state index contributed by atoms with van der Waals surface area (Å²) in [5, 5.41) is 15.5. The largest absolute Gasteiger partial charge is 0.221 e. The van der Waals surface area contributed by atoms with Gasteiger partial charge in [0.05, 0.1) is 0 Å². The average Bonchev–Trinajstić information content (AvgIpc) is 0.918. The van der Waals surface area contributed by atoms with E-state index in [2.05, 4.69) is 5.04 Å². The molecule has 0 aromatic carbocycles. The van der Waals surface area contributed by atoms with Crippen LogP contribution in [0.2, 0.25) is 0 Å². The Labute approximate surface area is 73.6 Å². The van der Waals surface area contributed by atoms with Gasteiger partial charge in [-0.1, -0.05) is 5.04 Å². The molecule has 0 aliphatic heterocycles. The molecule has 0 radical (unpaired) electrons. The van der Waals surface area contributed by atoms with E-state index in [1.165, 1.54) is 0 Å². The summed E-state index contributed by atoms with van der Waals surface area (Å²) in [7, 11) is 0. The van der Waals surface area contributed by atoms with Crippen molar-refractivity contribution in [1.82, 2.24) is 0 Å². The van der Waals surface area contributed by atoms with Crippen LogP contribution in [0, 0.1) is 37.3 Å². The Hall–Kier alpha value is 1.84. The summed E-state index contributed by atoms with van der Waals surface area (Å²) in [6.07, 6.45) is 0. The Morgan fingerprint density at radius 2 is 1.20 bits per heavy atom. The molecule has 0 spiro atoms. The first-order valence-electron chi connectivity index (χ1n) is 0.365. The average molecular weight is 265 g/mol. The van der Waals surface area contributed by atoms with E-state index in [4.69, 9.17) is 10.5 Å². The SMILES string of the molecule is OOO.[Er].[Ti]. The van der Waals surface area contributed by atoms with Gasteiger partial charge < -0.3 is 0 Å². The van der Waals surface area contributed by atoms with Crippen molar-refractivity contribution in [3.05, 3.63) is 0 Å². The third-order valence-corrected chi connectivity index (χ3v) is 0. The first-order valence-corrected chi connectivity index (χ1v) is 0.365. The third-order valence-electron chi connectivity index (χ3n) is 0. The molecule has 0 heterocycles. The van der Waals surface area contributed by atoms with E-state index in [1.807, 2.05) is 0 Å². The van der Waals surface area contributed by atoms with Crippen molar-refractivity contribution in [3.63, 3.8) is 0 Å². The second-order valence-corrected chi connectivity index (χ2v) is 0.0816. The van der Waals surface area contributed by atoms with Crippen LogP contribution in [0.25, 0.3) is 0 Å². The zero-order valence-electron chi connectivity index (χ0n) is 2.09. The molecule has 0 bridgehead atoms. The topological polar surface area (TPSA) is 49.7 Å². The molecule has 0 saturated heterocycles. The van der Waals surface area contributed by atoms with Gasteiger partial charge in [0, 0.05) is 59.0 Å². The smallest absolute Gasteiger partial charge is 0 e. The van der Waals surface area contributed by atoms with Crippen LogP contribution >= 0.6 is 0 Å². The van der Waals surface area contributed by atoms with Crippen molar-refractivity contribution in [2.45, 2.75) is 0 Å². The van der Waals surface area contributed by atoms with Gasteiger partial charge in [-0.25, -0.2) is 10.5 Å². The molecule has 5 heteroatoms. The summed E-state index contributed by atoms with van der Waals surface area (Å²) in [6.45, 7) is 0. The fraction of sp³-hybridized carbons (Fsp3) is 0. The molecule has 0 atom stereocenters. The van der Waals surface area contributed by atoms with Crippen LogP contribution in [0.1, 0.15) is 0 Å². The summed E-state index contributed by atoms with van der Waals surface area (Å²) in [5.74, 6) is 0. The molecular formula is H2ErO3Ti. The van der Waals surface area contributed by atoms with Gasteiger partial charge in [-0.3, -0.25) is 0 Å². The monoisotopic (exact) mass is 264 g/mol. The molecule has 0 fully saturated rings. The van der Waals surface area contributed by atoms with Gasteiger partial charge in [-0.15, -0.1) is 0 Å². The van der Waals surface area contributed by atoms with Gasteiger partial charge in [0.25, 0.3) is 0 Å². The minimum atomic E-state index is 0. The van der Waals surface area contributed by atoms with Crippen LogP contribution in [0.4, 0.5) is 0 Å². The second-order valence-electron chi connectivity index (χ2n) is 0.0816. The van der Waals surface area contributed by atoms with Crippen molar-refractivity contribution in [1.29, 1.82) is 0 Å². The summed E-state index contributed by atoms with van der Waals surface area (Å²) in [5.41, 5.74) is 0. The normalized spacial score (nSPS) is 3.60.